The van der Waals surface area contributed by atoms with Gasteiger partial charge in [0.15, 0.2) is 11.7 Å². The topological polar surface area (TPSA) is 63.0 Å². The van der Waals surface area contributed by atoms with Gasteiger partial charge in [-0.25, -0.2) is 4.98 Å². The Labute approximate surface area is 151 Å². The lowest BCUT2D eigenvalue weighted by Crippen LogP contribution is -2.19. The highest BCUT2D eigenvalue weighted by molar-refractivity contribution is 9.10. The maximum atomic E-state index is 12.3. The van der Waals surface area contributed by atoms with E-state index >= 15 is 0 Å². The third kappa shape index (κ3) is 3.64. The number of thiazole rings is 1. The number of nitrogens with zero attached hydrogens (tertiary/aromatic N) is 2. The lowest BCUT2D eigenvalue weighted by molar-refractivity contribution is -0.121. The molecule has 0 bridgehead atoms. The number of halogens is 1. The molecule has 6 heteroatoms. The summed E-state index contributed by atoms with van der Waals surface area (Å²) in [5, 5.41) is 13.7. The molecule has 1 aromatic heterocycles. The van der Waals surface area contributed by atoms with Crippen molar-refractivity contribution in [2.24, 2.45) is 0 Å². The highest BCUT2D eigenvalue weighted by Crippen LogP contribution is 2.25. The van der Waals surface area contributed by atoms with Crippen LogP contribution in [0.4, 0.5) is 0 Å². The number of hydrogen-bond donors (Lipinski definition) is 0. The van der Waals surface area contributed by atoms with Gasteiger partial charge in [-0.05, 0) is 42.0 Å². The van der Waals surface area contributed by atoms with Crippen LogP contribution in [0.2, 0.25) is 0 Å². The van der Waals surface area contributed by atoms with Gasteiger partial charge < -0.3 is 4.74 Å². The Kier molecular flexibility index (Phi) is 4.93. The van der Waals surface area contributed by atoms with Crippen molar-refractivity contribution in [1.82, 2.24) is 4.98 Å². The normalized spacial score (nSPS) is 11.9. The number of ketones is 1. The summed E-state index contributed by atoms with van der Waals surface area (Å²) in [6.45, 7) is 1.68. The van der Waals surface area contributed by atoms with Crippen LogP contribution in [0.5, 0.6) is 5.75 Å². The molecule has 0 aliphatic heterocycles. The first-order chi connectivity index (χ1) is 11.6. The third-order valence-corrected chi connectivity index (χ3v) is 5.01. The Morgan fingerprint density at radius 2 is 2.08 bits per heavy atom. The van der Waals surface area contributed by atoms with Crippen LogP contribution in [-0.4, -0.2) is 17.4 Å². The minimum Gasteiger partial charge on any atom is -0.486 e. The molecule has 0 amide bonds. The largest absolute Gasteiger partial charge is 0.486 e. The van der Waals surface area contributed by atoms with Gasteiger partial charge in [-0.3, -0.25) is 4.79 Å². The van der Waals surface area contributed by atoms with Crippen LogP contribution >= 0.6 is 27.3 Å². The standard InChI is InChI=1S/C18H13BrN2O2S/c1-11-10-24-18(21-11)16(8-20)17(22)9-23-15-5-3-12-6-14(19)4-2-13(12)7-15/h2-7,10,16H,9H2,1H3. The van der Waals surface area contributed by atoms with E-state index in [-0.39, 0.29) is 12.4 Å². The Bertz CT molecular complexity index is 946. The fraction of sp³-hybridized carbons (Fsp3) is 0.167. The Balaban J connectivity index is 1.71. The molecule has 0 fully saturated rings. The number of fused-ring (bicyclic) bond motifs is 1. The predicted octanol–water partition coefficient (Wildman–Crippen LogP) is 4.62. The van der Waals surface area contributed by atoms with E-state index in [1.165, 1.54) is 11.3 Å². The first kappa shape index (κ1) is 16.6. The van der Waals surface area contributed by atoms with Crippen LogP contribution in [0, 0.1) is 18.3 Å². The maximum Gasteiger partial charge on any atom is 0.194 e. The Morgan fingerprint density at radius 1 is 1.33 bits per heavy atom. The van der Waals surface area contributed by atoms with Crippen molar-refractivity contribution in [1.29, 1.82) is 5.26 Å². The number of carbonyl (C=O) groups is 1. The van der Waals surface area contributed by atoms with Gasteiger partial charge in [0, 0.05) is 15.5 Å². The number of carbonyl (C=O) groups excluding carboxylic acids is 1. The van der Waals surface area contributed by atoms with E-state index in [1.807, 2.05) is 54.8 Å². The molecule has 0 saturated carbocycles. The lowest BCUT2D eigenvalue weighted by atomic mass is 10.1. The molecule has 2 aromatic carbocycles. The van der Waals surface area contributed by atoms with E-state index in [0.717, 1.165) is 20.9 Å². The van der Waals surface area contributed by atoms with Crippen molar-refractivity contribution in [2.75, 3.05) is 6.61 Å². The number of Topliss-reactive ketones (excluding diaryl/α,β-unsaturated/α-hetero) is 1. The van der Waals surface area contributed by atoms with E-state index < -0.39 is 5.92 Å². The molecule has 1 heterocycles. The zero-order valence-corrected chi connectivity index (χ0v) is 15.2. The molecule has 1 unspecified atom stereocenters. The van der Waals surface area contributed by atoms with Crippen LogP contribution in [0.15, 0.2) is 46.3 Å². The molecule has 1 atom stereocenters. The summed E-state index contributed by atoms with van der Waals surface area (Å²) in [6, 6.07) is 13.6. The smallest absolute Gasteiger partial charge is 0.194 e. The maximum absolute atomic E-state index is 12.3. The second kappa shape index (κ2) is 7.12. The summed E-state index contributed by atoms with van der Waals surface area (Å²) in [7, 11) is 0. The zero-order valence-electron chi connectivity index (χ0n) is 12.8. The number of benzene rings is 2. The second-order valence-electron chi connectivity index (χ2n) is 5.30. The molecule has 24 heavy (non-hydrogen) atoms. The molecule has 0 N–H and O–H groups in total. The molecule has 0 aliphatic carbocycles. The lowest BCUT2D eigenvalue weighted by Gasteiger charge is -2.09. The highest BCUT2D eigenvalue weighted by Gasteiger charge is 2.23. The van der Waals surface area contributed by atoms with E-state index in [0.29, 0.717) is 10.8 Å². The molecule has 3 rings (SSSR count). The van der Waals surface area contributed by atoms with Crippen LogP contribution in [-0.2, 0) is 4.79 Å². The van der Waals surface area contributed by atoms with Gasteiger partial charge in [-0.15, -0.1) is 11.3 Å². The molecular formula is C18H13BrN2O2S. The van der Waals surface area contributed by atoms with E-state index in [9.17, 15) is 10.1 Å². The quantitative estimate of drug-likeness (QED) is 0.626. The van der Waals surface area contributed by atoms with Crippen molar-refractivity contribution < 1.29 is 9.53 Å². The summed E-state index contributed by atoms with van der Waals surface area (Å²) in [5.74, 6) is -0.562. The van der Waals surface area contributed by atoms with Gasteiger partial charge in [0.1, 0.15) is 17.4 Å². The molecule has 3 aromatic rings. The van der Waals surface area contributed by atoms with Crippen molar-refractivity contribution in [3.05, 3.63) is 57.0 Å². The average Bonchev–Trinajstić information content (AvgIpc) is 2.99. The third-order valence-electron chi connectivity index (χ3n) is 3.49. The predicted molar refractivity (Wildman–Crippen MR) is 97.4 cm³/mol. The number of ether oxygens (including phenoxy) is 1. The molecule has 0 radical (unpaired) electrons. The van der Waals surface area contributed by atoms with Gasteiger partial charge in [-0.1, -0.05) is 28.1 Å². The van der Waals surface area contributed by atoms with E-state index in [4.69, 9.17) is 4.74 Å². The zero-order chi connectivity index (χ0) is 17.1. The summed E-state index contributed by atoms with van der Waals surface area (Å²) in [6.07, 6.45) is 0. The fourth-order valence-electron chi connectivity index (χ4n) is 2.29. The monoisotopic (exact) mass is 400 g/mol. The van der Waals surface area contributed by atoms with Gasteiger partial charge in [0.2, 0.25) is 0 Å². The molecule has 120 valence electrons. The van der Waals surface area contributed by atoms with Crippen LogP contribution < -0.4 is 4.74 Å². The number of aromatic nitrogens is 1. The van der Waals surface area contributed by atoms with Gasteiger partial charge in [0.05, 0.1) is 6.07 Å². The Morgan fingerprint density at radius 3 is 2.79 bits per heavy atom. The van der Waals surface area contributed by atoms with Gasteiger partial charge in [-0.2, -0.15) is 5.26 Å². The first-order valence-corrected chi connectivity index (χ1v) is 8.90. The number of hydrogen-bond acceptors (Lipinski definition) is 5. The first-order valence-electron chi connectivity index (χ1n) is 7.23. The number of rotatable bonds is 5. The second-order valence-corrected chi connectivity index (χ2v) is 7.10. The number of aryl methyl sites for hydroxylation is 1. The summed E-state index contributed by atoms with van der Waals surface area (Å²) in [5.41, 5.74) is 0.810. The van der Waals surface area contributed by atoms with Gasteiger partial charge in [0.25, 0.3) is 0 Å². The molecule has 0 spiro atoms. The van der Waals surface area contributed by atoms with Crippen molar-refractivity contribution in [3.8, 4) is 11.8 Å². The Hall–Kier alpha value is -2.23. The minimum absolute atomic E-state index is 0.154. The van der Waals surface area contributed by atoms with Crippen molar-refractivity contribution in [3.63, 3.8) is 0 Å². The van der Waals surface area contributed by atoms with Crippen molar-refractivity contribution >= 4 is 43.8 Å². The minimum atomic E-state index is -0.875. The fourth-order valence-corrected chi connectivity index (χ4v) is 3.53. The summed E-state index contributed by atoms with van der Waals surface area (Å²) >= 11 is 4.76. The van der Waals surface area contributed by atoms with E-state index in [1.54, 1.807) is 0 Å². The molecular weight excluding hydrogens is 388 g/mol. The molecule has 0 aliphatic rings. The summed E-state index contributed by atoms with van der Waals surface area (Å²) in [4.78, 5) is 16.5. The highest BCUT2D eigenvalue weighted by atomic mass is 79.9. The summed E-state index contributed by atoms with van der Waals surface area (Å²) < 4.78 is 6.59. The van der Waals surface area contributed by atoms with Gasteiger partial charge >= 0.3 is 0 Å². The molecule has 0 saturated heterocycles. The van der Waals surface area contributed by atoms with Crippen molar-refractivity contribution in [2.45, 2.75) is 12.8 Å². The van der Waals surface area contributed by atoms with Crippen LogP contribution in [0.25, 0.3) is 10.8 Å². The van der Waals surface area contributed by atoms with E-state index in [2.05, 4.69) is 20.9 Å². The number of nitriles is 1. The van der Waals surface area contributed by atoms with Crippen LogP contribution in [0.1, 0.15) is 16.6 Å². The molecule has 4 nitrogen and oxygen atoms in total. The SMILES string of the molecule is Cc1csc(C(C#N)C(=O)COc2ccc3cc(Br)ccc3c2)n1. The average molecular weight is 401 g/mol. The van der Waals surface area contributed by atoms with Crippen LogP contribution in [0.3, 0.4) is 0 Å².